The minimum atomic E-state index is -4.68. The fourth-order valence-electron chi connectivity index (χ4n) is 3.82. The van der Waals surface area contributed by atoms with E-state index in [4.69, 9.17) is 15.6 Å². The first-order valence-electron chi connectivity index (χ1n) is 11.2. The van der Waals surface area contributed by atoms with Gasteiger partial charge in [0, 0.05) is 5.56 Å². The third-order valence-electron chi connectivity index (χ3n) is 5.73. The molecule has 10 heteroatoms. The molecule has 1 heterocycles. The van der Waals surface area contributed by atoms with Crippen LogP contribution in [0.15, 0.2) is 77.4 Å². The Hall–Kier alpha value is -3.63. The normalized spacial score (nSPS) is 13.2. The van der Waals surface area contributed by atoms with Crippen LogP contribution >= 0.6 is 15.9 Å². The van der Waals surface area contributed by atoms with Gasteiger partial charge in [-0.15, -0.1) is 0 Å². The summed E-state index contributed by atoms with van der Waals surface area (Å²) in [5, 5.41) is 9.09. The molecule has 0 saturated carbocycles. The lowest BCUT2D eigenvalue weighted by molar-refractivity contribution is -0.139. The molecule has 3 aromatic carbocycles. The lowest BCUT2D eigenvalue weighted by Crippen LogP contribution is -2.36. The summed E-state index contributed by atoms with van der Waals surface area (Å²) in [5.41, 5.74) is 6.84. The lowest BCUT2D eigenvalue weighted by atomic mass is 9.99. The molecule has 0 aliphatic rings. The van der Waals surface area contributed by atoms with Crippen molar-refractivity contribution in [2.24, 2.45) is 5.73 Å². The Labute approximate surface area is 219 Å². The molecule has 0 spiro atoms. The van der Waals surface area contributed by atoms with Crippen molar-refractivity contribution in [3.05, 3.63) is 94.4 Å². The predicted octanol–water partition coefficient (Wildman–Crippen LogP) is 6.75. The summed E-state index contributed by atoms with van der Waals surface area (Å²) < 4.78 is 47.7. The van der Waals surface area contributed by atoms with Crippen molar-refractivity contribution in [1.82, 2.24) is 9.97 Å². The van der Waals surface area contributed by atoms with Crippen LogP contribution in [0.4, 0.5) is 13.2 Å². The number of ether oxygens (including phenoxy) is 1. The average Bonchev–Trinajstić information content (AvgIpc) is 3.25. The molecule has 0 radical (unpaired) electrons. The number of rotatable bonds is 8. The first-order chi connectivity index (χ1) is 17.4. The lowest BCUT2D eigenvalue weighted by Gasteiger charge is -2.19. The number of nitrogens with two attached hydrogens (primary N) is 1. The van der Waals surface area contributed by atoms with Gasteiger partial charge in [0.1, 0.15) is 28.5 Å². The van der Waals surface area contributed by atoms with Crippen LogP contribution in [0.5, 0.6) is 5.75 Å². The van der Waals surface area contributed by atoms with E-state index in [-0.39, 0.29) is 34.0 Å². The quantitative estimate of drug-likeness (QED) is 0.216. The van der Waals surface area contributed by atoms with Crippen LogP contribution in [0, 0.1) is 0 Å². The van der Waals surface area contributed by atoms with Crippen molar-refractivity contribution in [2.75, 3.05) is 0 Å². The topological polar surface area (TPSA) is 101 Å². The van der Waals surface area contributed by atoms with Gasteiger partial charge in [0.15, 0.2) is 0 Å². The van der Waals surface area contributed by atoms with Crippen LogP contribution in [0.3, 0.4) is 0 Å². The molecular weight excluding hydrogens is 551 g/mol. The number of carbonyl (C=O) groups is 1. The highest BCUT2D eigenvalue weighted by atomic mass is 79.9. The van der Waals surface area contributed by atoms with Gasteiger partial charge in [0.2, 0.25) is 0 Å². The number of alkyl halides is 3. The molecule has 6 nitrogen and oxygen atoms in total. The van der Waals surface area contributed by atoms with Gasteiger partial charge in [0.25, 0.3) is 0 Å². The maximum absolute atomic E-state index is 13.9. The van der Waals surface area contributed by atoms with Crippen LogP contribution < -0.4 is 10.5 Å². The van der Waals surface area contributed by atoms with Crippen LogP contribution in [0.1, 0.15) is 30.3 Å². The number of nitrogens with zero attached hydrogens (tertiary/aromatic N) is 1. The van der Waals surface area contributed by atoms with Gasteiger partial charge < -0.3 is 20.6 Å². The van der Waals surface area contributed by atoms with E-state index in [1.807, 2.05) is 54.6 Å². The standard InChI is InChI=1S/C27H23BrF3N3O3/c1-26(32,14-22(35)36)25-33-23(24(28)34-25)19-11-12-21(20(13-19)27(29,30)31)37-15-16-7-9-18(10-8-16)17-5-3-2-4-6-17/h2-13H,14-15,32H2,1H3,(H,33,34)(H,35,36)/t26-/m0/s1. The highest BCUT2D eigenvalue weighted by Crippen LogP contribution is 2.40. The van der Waals surface area contributed by atoms with Crippen molar-refractivity contribution in [2.45, 2.75) is 31.7 Å². The number of nitrogens with one attached hydrogen (secondary N) is 1. The zero-order valence-electron chi connectivity index (χ0n) is 19.6. The number of imidazole rings is 1. The highest BCUT2D eigenvalue weighted by Gasteiger charge is 2.36. The summed E-state index contributed by atoms with van der Waals surface area (Å²) in [6.45, 7) is 1.43. The first-order valence-corrected chi connectivity index (χ1v) is 12.0. The molecule has 4 rings (SSSR count). The van der Waals surface area contributed by atoms with E-state index in [1.165, 1.54) is 19.1 Å². The molecule has 4 aromatic rings. The zero-order chi connectivity index (χ0) is 26.8. The summed E-state index contributed by atoms with van der Waals surface area (Å²) in [7, 11) is 0. The van der Waals surface area contributed by atoms with Gasteiger partial charge in [-0.05, 0) is 57.7 Å². The van der Waals surface area contributed by atoms with Gasteiger partial charge in [-0.2, -0.15) is 13.2 Å². The Balaban J connectivity index is 1.57. The van der Waals surface area contributed by atoms with Crippen LogP contribution in [0.2, 0.25) is 0 Å². The smallest absolute Gasteiger partial charge is 0.419 e. The molecule has 37 heavy (non-hydrogen) atoms. The Morgan fingerprint density at radius 3 is 2.27 bits per heavy atom. The second-order valence-corrected chi connectivity index (χ2v) is 9.59. The molecule has 0 unspecified atom stereocenters. The minimum absolute atomic E-state index is 0.0472. The summed E-state index contributed by atoms with van der Waals surface area (Å²) in [5.74, 6) is -1.32. The van der Waals surface area contributed by atoms with Crippen molar-refractivity contribution < 1.29 is 27.8 Å². The van der Waals surface area contributed by atoms with E-state index >= 15 is 0 Å². The largest absolute Gasteiger partial charge is 0.488 e. The number of aromatic nitrogens is 2. The molecule has 192 valence electrons. The minimum Gasteiger partial charge on any atom is -0.488 e. The predicted molar refractivity (Wildman–Crippen MR) is 137 cm³/mol. The molecular formula is C27H23BrF3N3O3. The van der Waals surface area contributed by atoms with E-state index in [1.54, 1.807) is 0 Å². The van der Waals surface area contributed by atoms with Crippen molar-refractivity contribution in [3.8, 4) is 28.1 Å². The maximum atomic E-state index is 13.9. The second kappa shape index (κ2) is 10.4. The van der Waals surface area contributed by atoms with Crippen LogP contribution in [-0.4, -0.2) is 21.0 Å². The van der Waals surface area contributed by atoms with E-state index in [2.05, 4.69) is 25.9 Å². The summed E-state index contributed by atoms with van der Waals surface area (Å²) in [6, 6.07) is 20.8. The number of H-pyrrole nitrogens is 1. The van der Waals surface area contributed by atoms with Crippen molar-refractivity contribution in [3.63, 3.8) is 0 Å². The molecule has 0 fully saturated rings. The number of carboxylic acid groups (broad SMARTS) is 1. The third kappa shape index (κ3) is 6.20. The van der Waals surface area contributed by atoms with E-state index in [9.17, 15) is 18.0 Å². The van der Waals surface area contributed by atoms with Crippen LogP contribution in [-0.2, 0) is 23.1 Å². The Morgan fingerprint density at radius 2 is 1.65 bits per heavy atom. The summed E-state index contributed by atoms with van der Waals surface area (Å²) in [4.78, 5) is 18.2. The molecule has 0 amide bonds. The summed E-state index contributed by atoms with van der Waals surface area (Å²) >= 11 is 3.26. The Morgan fingerprint density at radius 1 is 1.03 bits per heavy atom. The number of hydrogen-bond donors (Lipinski definition) is 3. The SMILES string of the molecule is C[C@](N)(CC(=O)O)c1nc(-c2ccc(OCc3ccc(-c4ccccc4)cc3)c(C(F)(F)F)c2)c(Br)[nH]1. The third-order valence-corrected chi connectivity index (χ3v) is 6.31. The van der Waals surface area contributed by atoms with E-state index < -0.39 is 29.7 Å². The second-order valence-electron chi connectivity index (χ2n) is 8.80. The number of halogens is 4. The van der Waals surface area contributed by atoms with Gasteiger partial charge in [-0.25, -0.2) is 4.98 Å². The number of aromatic amines is 1. The van der Waals surface area contributed by atoms with Crippen molar-refractivity contribution in [1.29, 1.82) is 0 Å². The fourth-order valence-corrected chi connectivity index (χ4v) is 4.33. The average molecular weight is 574 g/mol. The molecule has 4 N–H and O–H groups in total. The number of benzene rings is 3. The summed E-state index contributed by atoms with van der Waals surface area (Å²) in [6.07, 6.45) is -5.10. The molecule has 0 aliphatic heterocycles. The molecule has 0 saturated heterocycles. The Bertz CT molecular complexity index is 1400. The number of carboxylic acids is 1. The van der Waals surface area contributed by atoms with E-state index in [0.29, 0.717) is 0 Å². The van der Waals surface area contributed by atoms with Gasteiger partial charge in [-0.1, -0.05) is 54.6 Å². The molecule has 1 aromatic heterocycles. The number of aliphatic carboxylic acids is 1. The van der Waals surface area contributed by atoms with Gasteiger partial charge in [0.05, 0.1) is 17.5 Å². The highest BCUT2D eigenvalue weighted by molar-refractivity contribution is 9.10. The molecule has 1 atom stereocenters. The van der Waals surface area contributed by atoms with Crippen LogP contribution in [0.25, 0.3) is 22.4 Å². The molecule has 0 bridgehead atoms. The first kappa shape index (κ1) is 26.4. The van der Waals surface area contributed by atoms with Gasteiger partial charge >= 0.3 is 12.1 Å². The maximum Gasteiger partial charge on any atom is 0.419 e. The monoisotopic (exact) mass is 573 g/mol. The van der Waals surface area contributed by atoms with Crippen molar-refractivity contribution >= 4 is 21.9 Å². The van der Waals surface area contributed by atoms with E-state index in [0.717, 1.165) is 22.8 Å². The number of hydrogen-bond acceptors (Lipinski definition) is 4. The molecule has 0 aliphatic carbocycles. The zero-order valence-corrected chi connectivity index (χ0v) is 21.2. The Kier molecular flexibility index (Phi) is 7.42. The van der Waals surface area contributed by atoms with Gasteiger partial charge in [-0.3, -0.25) is 4.79 Å². The fraction of sp³-hybridized carbons (Fsp3) is 0.185.